The lowest BCUT2D eigenvalue weighted by molar-refractivity contribution is 0.229. The van der Waals surface area contributed by atoms with Gasteiger partial charge in [-0.25, -0.2) is 9.37 Å². The Hall–Kier alpha value is -3.99. The zero-order chi connectivity index (χ0) is 23.5. The largest absolute Gasteiger partial charge is 0.489 e. The van der Waals surface area contributed by atoms with Gasteiger partial charge in [0.15, 0.2) is 17.4 Å². The molecular weight excluding hydrogens is 442 g/mol. The molecule has 1 fully saturated rings. The first kappa shape index (κ1) is 21.8. The zero-order valence-corrected chi connectivity index (χ0v) is 18.2. The van der Waals surface area contributed by atoms with Crippen LogP contribution in [0, 0.1) is 11.6 Å². The molecule has 0 atom stereocenters. The number of aromatic nitrogens is 6. The number of rotatable bonds is 7. The van der Waals surface area contributed by atoms with Gasteiger partial charge in [0.25, 0.3) is 0 Å². The average Bonchev–Trinajstić information content (AvgIpc) is 3.55. The summed E-state index contributed by atoms with van der Waals surface area (Å²) in [6, 6.07) is 8.12. The number of tetrazole rings is 1. The van der Waals surface area contributed by atoms with Crippen LogP contribution >= 0.6 is 0 Å². The van der Waals surface area contributed by atoms with Crippen molar-refractivity contribution >= 4 is 5.82 Å². The molecule has 3 aromatic heterocycles. The average molecular weight is 464 g/mol. The molecule has 9 nitrogen and oxygen atoms in total. The minimum Gasteiger partial charge on any atom is -0.489 e. The first-order valence-electron chi connectivity index (χ1n) is 10.9. The number of benzene rings is 1. The third-order valence-electron chi connectivity index (χ3n) is 5.76. The molecule has 1 aromatic carbocycles. The van der Waals surface area contributed by atoms with Gasteiger partial charge in [0, 0.05) is 30.7 Å². The molecule has 1 aliphatic rings. The number of nitrogen functional groups attached to an aromatic ring is 1. The Morgan fingerprint density at radius 2 is 1.79 bits per heavy atom. The first-order valence-corrected chi connectivity index (χ1v) is 10.9. The second kappa shape index (κ2) is 9.48. The van der Waals surface area contributed by atoms with E-state index < -0.39 is 11.6 Å². The topological polar surface area (TPSA) is 108 Å². The Labute approximate surface area is 194 Å². The van der Waals surface area contributed by atoms with E-state index in [-0.39, 0.29) is 29.7 Å². The quantitative estimate of drug-likeness (QED) is 0.445. The smallest absolute Gasteiger partial charge is 0.202 e. The molecule has 5 rings (SSSR count). The lowest BCUT2D eigenvalue weighted by atomic mass is 10.1. The van der Waals surface area contributed by atoms with Crippen molar-refractivity contribution in [2.45, 2.75) is 12.8 Å². The van der Waals surface area contributed by atoms with E-state index in [0.717, 1.165) is 41.7 Å². The van der Waals surface area contributed by atoms with Crippen LogP contribution in [0.4, 0.5) is 14.6 Å². The van der Waals surface area contributed by atoms with E-state index in [2.05, 4.69) is 30.4 Å². The second-order valence-corrected chi connectivity index (χ2v) is 7.91. The van der Waals surface area contributed by atoms with Crippen molar-refractivity contribution < 1.29 is 13.5 Å². The highest BCUT2D eigenvalue weighted by Crippen LogP contribution is 2.31. The Kier molecular flexibility index (Phi) is 6.09. The minimum atomic E-state index is -1.12. The van der Waals surface area contributed by atoms with Gasteiger partial charge < -0.3 is 10.5 Å². The fourth-order valence-corrected chi connectivity index (χ4v) is 3.96. The molecule has 0 spiro atoms. The van der Waals surface area contributed by atoms with Crippen molar-refractivity contribution in [2.24, 2.45) is 0 Å². The maximum absolute atomic E-state index is 15.1. The molecule has 1 aliphatic heterocycles. The summed E-state index contributed by atoms with van der Waals surface area (Å²) in [5, 5.41) is 11.5. The van der Waals surface area contributed by atoms with Gasteiger partial charge in [0.05, 0.1) is 5.56 Å². The highest BCUT2D eigenvalue weighted by atomic mass is 19.2. The van der Waals surface area contributed by atoms with Crippen LogP contribution in [-0.2, 0) is 0 Å². The number of likely N-dealkylation sites (tertiary alicyclic amines) is 1. The fourth-order valence-electron chi connectivity index (χ4n) is 3.96. The Balaban J connectivity index is 1.43. The number of pyridine rings is 2. The Morgan fingerprint density at radius 3 is 2.59 bits per heavy atom. The van der Waals surface area contributed by atoms with E-state index in [1.807, 2.05) is 12.1 Å². The van der Waals surface area contributed by atoms with Gasteiger partial charge in [-0.1, -0.05) is 0 Å². The molecule has 1 saturated heterocycles. The van der Waals surface area contributed by atoms with Gasteiger partial charge in [-0.3, -0.25) is 9.88 Å². The molecule has 2 N–H and O–H groups in total. The number of hydrogen-bond donors (Lipinski definition) is 1. The number of nitrogens with two attached hydrogens (primary N) is 1. The molecule has 0 bridgehead atoms. The molecule has 0 radical (unpaired) electrons. The van der Waals surface area contributed by atoms with Gasteiger partial charge in [0.2, 0.25) is 5.82 Å². The monoisotopic (exact) mass is 464 g/mol. The van der Waals surface area contributed by atoms with Crippen molar-refractivity contribution in [3.8, 4) is 34.0 Å². The maximum atomic E-state index is 15.1. The van der Waals surface area contributed by atoms with Crippen LogP contribution in [0.15, 0.2) is 48.9 Å². The molecule has 0 unspecified atom stereocenters. The zero-order valence-electron chi connectivity index (χ0n) is 18.2. The van der Waals surface area contributed by atoms with Gasteiger partial charge in [-0.2, -0.15) is 9.07 Å². The predicted octanol–water partition coefficient (Wildman–Crippen LogP) is 3.12. The van der Waals surface area contributed by atoms with Crippen LogP contribution in [0.1, 0.15) is 12.8 Å². The molecule has 174 valence electrons. The summed E-state index contributed by atoms with van der Waals surface area (Å²) in [5.41, 5.74) is 7.89. The van der Waals surface area contributed by atoms with Crippen molar-refractivity contribution in [1.29, 1.82) is 0 Å². The van der Waals surface area contributed by atoms with E-state index in [1.54, 1.807) is 24.7 Å². The first-order chi connectivity index (χ1) is 16.6. The fraction of sp³-hybridized carbons (Fsp3) is 0.261. The SMILES string of the molecule is Nc1ncc(-c2ccncc2)cc1-c1nnnn1-c1ccc(OCCN2CCCC2)c(F)c1F. The number of hydrogen-bond acceptors (Lipinski definition) is 8. The maximum Gasteiger partial charge on any atom is 0.202 e. The van der Waals surface area contributed by atoms with E-state index in [1.165, 1.54) is 12.1 Å². The molecule has 11 heteroatoms. The highest BCUT2D eigenvalue weighted by Gasteiger charge is 2.22. The minimum absolute atomic E-state index is 0.127. The standard InChI is InChI=1S/C23H22F2N8O/c24-20-18(3-4-19(21(20)25)34-12-11-32-9-1-2-10-32)33-23(29-30-31-33)17-13-16(14-28-22(17)26)15-5-7-27-8-6-15/h3-8,13-14H,1-2,9-12H2,(H2,26,28). The molecule has 0 saturated carbocycles. The number of halogens is 2. The van der Waals surface area contributed by atoms with Crippen LogP contribution in [0.25, 0.3) is 28.2 Å². The third-order valence-corrected chi connectivity index (χ3v) is 5.76. The van der Waals surface area contributed by atoms with E-state index >= 15 is 4.39 Å². The molecule has 4 heterocycles. The van der Waals surface area contributed by atoms with Gasteiger partial charge in [0.1, 0.15) is 18.1 Å². The lowest BCUT2D eigenvalue weighted by Crippen LogP contribution is -2.25. The summed E-state index contributed by atoms with van der Waals surface area (Å²) in [6.07, 6.45) is 7.22. The van der Waals surface area contributed by atoms with Crippen molar-refractivity contribution in [3.05, 3.63) is 60.6 Å². The van der Waals surface area contributed by atoms with Crippen molar-refractivity contribution in [3.63, 3.8) is 0 Å². The van der Waals surface area contributed by atoms with Gasteiger partial charge in [-0.15, -0.1) is 5.10 Å². The van der Waals surface area contributed by atoms with Gasteiger partial charge >= 0.3 is 0 Å². The summed E-state index contributed by atoms with van der Waals surface area (Å²) in [6.45, 7) is 2.94. The molecular formula is C23H22F2N8O. The summed E-state index contributed by atoms with van der Waals surface area (Å²) in [4.78, 5) is 10.5. The Morgan fingerprint density at radius 1 is 1.00 bits per heavy atom. The summed E-state index contributed by atoms with van der Waals surface area (Å²) < 4.78 is 36.5. The van der Waals surface area contributed by atoms with Crippen LogP contribution in [0.5, 0.6) is 5.75 Å². The van der Waals surface area contributed by atoms with Crippen molar-refractivity contribution in [2.75, 3.05) is 32.0 Å². The van der Waals surface area contributed by atoms with Crippen LogP contribution in [-0.4, -0.2) is 61.3 Å². The van der Waals surface area contributed by atoms with Crippen molar-refractivity contribution in [1.82, 2.24) is 35.1 Å². The number of ether oxygens (including phenoxy) is 1. The summed E-state index contributed by atoms with van der Waals surface area (Å²) in [5.74, 6) is -2.10. The molecule has 0 amide bonds. The second-order valence-electron chi connectivity index (χ2n) is 7.91. The van der Waals surface area contributed by atoms with Crippen LogP contribution in [0.3, 0.4) is 0 Å². The summed E-state index contributed by atoms with van der Waals surface area (Å²) in [7, 11) is 0. The summed E-state index contributed by atoms with van der Waals surface area (Å²) >= 11 is 0. The molecule has 4 aromatic rings. The lowest BCUT2D eigenvalue weighted by Gasteiger charge is -2.16. The molecule has 0 aliphatic carbocycles. The normalized spacial score (nSPS) is 13.9. The third kappa shape index (κ3) is 4.29. The van der Waals surface area contributed by atoms with E-state index in [9.17, 15) is 4.39 Å². The van der Waals surface area contributed by atoms with Gasteiger partial charge in [-0.05, 0) is 72.3 Å². The van der Waals surface area contributed by atoms with Crippen LogP contribution < -0.4 is 10.5 Å². The number of anilines is 1. The molecule has 34 heavy (non-hydrogen) atoms. The number of nitrogens with zero attached hydrogens (tertiary/aromatic N) is 7. The van der Waals surface area contributed by atoms with E-state index in [0.29, 0.717) is 12.1 Å². The Bertz CT molecular complexity index is 1290. The predicted molar refractivity (Wildman–Crippen MR) is 121 cm³/mol. The van der Waals surface area contributed by atoms with Crippen LogP contribution in [0.2, 0.25) is 0 Å². The van der Waals surface area contributed by atoms with E-state index in [4.69, 9.17) is 10.5 Å². The highest BCUT2D eigenvalue weighted by molar-refractivity contribution is 5.76.